The van der Waals surface area contributed by atoms with Crippen LogP contribution in [0.15, 0.2) is 18.2 Å². The molecular formula is C20H32N6. The zero-order chi connectivity index (χ0) is 18.7. The van der Waals surface area contributed by atoms with Gasteiger partial charge in [-0.15, -0.1) is 5.10 Å². The third-order valence-corrected chi connectivity index (χ3v) is 5.33. The molecule has 1 saturated heterocycles. The molecule has 2 aromatic rings. The monoisotopic (exact) mass is 356 g/mol. The van der Waals surface area contributed by atoms with Crippen molar-refractivity contribution < 1.29 is 0 Å². The number of tetrazole rings is 1. The van der Waals surface area contributed by atoms with Crippen LogP contribution in [0.2, 0.25) is 0 Å². The first kappa shape index (κ1) is 18.8. The summed E-state index contributed by atoms with van der Waals surface area (Å²) in [6.45, 7) is 15.1. The van der Waals surface area contributed by atoms with Gasteiger partial charge in [-0.05, 0) is 61.7 Å². The second-order valence-electron chi connectivity index (χ2n) is 7.69. The Labute approximate surface area is 157 Å². The third kappa shape index (κ3) is 3.90. The summed E-state index contributed by atoms with van der Waals surface area (Å²) in [5.41, 5.74) is 4.06. The van der Waals surface area contributed by atoms with Gasteiger partial charge < -0.3 is 4.90 Å². The van der Waals surface area contributed by atoms with Gasteiger partial charge in [0.1, 0.15) is 0 Å². The molecule has 0 unspecified atom stereocenters. The molecule has 0 amide bonds. The van der Waals surface area contributed by atoms with Gasteiger partial charge in [-0.3, -0.25) is 4.90 Å². The molecule has 26 heavy (non-hydrogen) atoms. The first-order chi connectivity index (χ1) is 12.5. The van der Waals surface area contributed by atoms with Gasteiger partial charge in [0.15, 0.2) is 5.82 Å². The van der Waals surface area contributed by atoms with E-state index in [2.05, 4.69) is 78.1 Å². The van der Waals surface area contributed by atoms with E-state index in [1.807, 2.05) is 4.68 Å². The summed E-state index contributed by atoms with van der Waals surface area (Å²) < 4.78 is 1.98. The highest BCUT2D eigenvalue weighted by Crippen LogP contribution is 2.29. The number of nitrogens with zero attached hydrogens (tertiary/aromatic N) is 6. The number of anilines is 1. The molecular weight excluding hydrogens is 324 g/mol. The van der Waals surface area contributed by atoms with Crippen molar-refractivity contribution in [2.24, 2.45) is 0 Å². The van der Waals surface area contributed by atoms with Crippen LogP contribution < -0.4 is 4.90 Å². The van der Waals surface area contributed by atoms with Crippen molar-refractivity contribution in [1.82, 2.24) is 25.1 Å². The molecule has 0 radical (unpaired) electrons. The van der Waals surface area contributed by atoms with Crippen LogP contribution >= 0.6 is 0 Å². The first-order valence-corrected chi connectivity index (χ1v) is 9.85. The summed E-state index contributed by atoms with van der Waals surface area (Å²) in [6.07, 6.45) is 2.23. The Morgan fingerprint density at radius 3 is 2.46 bits per heavy atom. The Morgan fingerprint density at radius 2 is 1.81 bits per heavy atom. The molecule has 6 nitrogen and oxygen atoms in total. The summed E-state index contributed by atoms with van der Waals surface area (Å²) in [6, 6.07) is 7.33. The van der Waals surface area contributed by atoms with Crippen molar-refractivity contribution in [3.8, 4) is 0 Å². The minimum Gasteiger partial charge on any atom is -0.369 e. The van der Waals surface area contributed by atoms with Crippen molar-refractivity contribution in [2.75, 3.05) is 31.1 Å². The summed E-state index contributed by atoms with van der Waals surface area (Å²) in [4.78, 5) is 5.09. The Bertz CT molecular complexity index is 715. The van der Waals surface area contributed by atoms with E-state index in [1.54, 1.807) is 0 Å². The van der Waals surface area contributed by atoms with Crippen molar-refractivity contribution in [3.05, 3.63) is 35.2 Å². The minimum absolute atomic E-state index is 0.288. The number of aryl methyl sites for hydroxylation is 2. The number of aromatic nitrogens is 4. The molecule has 1 aliphatic heterocycles. The van der Waals surface area contributed by atoms with Gasteiger partial charge in [0.25, 0.3) is 0 Å². The minimum atomic E-state index is 0.288. The van der Waals surface area contributed by atoms with Crippen LogP contribution in [0.25, 0.3) is 0 Å². The van der Waals surface area contributed by atoms with Crippen LogP contribution in [-0.4, -0.2) is 51.3 Å². The standard InChI is InChI=1S/C20H32N6/c1-6-7-18(20-21-22-23-26(20)15(2)3)24-10-12-25(13-11-24)19-14-16(4)8-9-17(19)5/h8-9,14-15,18H,6-7,10-13H2,1-5H3/t18-/m0/s1. The zero-order valence-corrected chi connectivity index (χ0v) is 16.8. The third-order valence-electron chi connectivity index (χ3n) is 5.33. The number of hydrogen-bond acceptors (Lipinski definition) is 5. The Balaban J connectivity index is 1.74. The molecule has 1 aliphatic rings. The Hall–Kier alpha value is -1.95. The lowest BCUT2D eigenvalue weighted by molar-refractivity contribution is 0.162. The maximum absolute atomic E-state index is 4.38. The molecule has 0 N–H and O–H groups in total. The van der Waals surface area contributed by atoms with Crippen LogP contribution in [0.4, 0.5) is 5.69 Å². The molecule has 142 valence electrons. The highest BCUT2D eigenvalue weighted by atomic mass is 15.6. The van der Waals surface area contributed by atoms with Crippen LogP contribution in [0.5, 0.6) is 0 Å². The number of rotatable bonds is 6. The van der Waals surface area contributed by atoms with E-state index in [0.29, 0.717) is 6.04 Å². The average Bonchev–Trinajstić information content (AvgIpc) is 3.12. The lowest BCUT2D eigenvalue weighted by Gasteiger charge is -2.40. The molecule has 1 aromatic heterocycles. The van der Waals surface area contributed by atoms with Gasteiger partial charge in [-0.25, -0.2) is 4.68 Å². The van der Waals surface area contributed by atoms with Gasteiger partial charge in [-0.1, -0.05) is 25.5 Å². The summed E-state index contributed by atoms with van der Waals surface area (Å²) >= 11 is 0. The van der Waals surface area contributed by atoms with E-state index < -0.39 is 0 Å². The first-order valence-electron chi connectivity index (χ1n) is 9.85. The number of benzene rings is 1. The van der Waals surface area contributed by atoms with Gasteiger partial charge in [0.05, 0.1) is 12.1 Å². The highest BCUT2D eigenvalue weighted by molar-refractivity contribution is 5.55. The van der Waals surface area contributed by atoms with Gasteiger partial charge in [-0.2, -0.15) is 0 Å². The van der Waals surface area contributed by atoms with Crippen LogP contribution in [-0.2, 0) is 0 Å². The molecule has 3 rings (SSSR count). The zero-order valence-electron chi connectivity index (χ0n) is 16.8. The van der Waals surface area contributed by atoms with Crippen molar-refractivity contribution in [1.29, 1.82) is 0 Å². The highest BCUT2D eigenvalue weighted by Gasteiger charge is 2.29. The second kappa shape index (κ2) is 8.16. The van der Waals surface area contributed by atoms with Gasteiger partial charge in [0.2, 0.25) is 0 Å². The van der Waals surface area contributed by atoms with Crippen LogP contribution in [0.3, 0.4) is 0 Å². The fraction of sp³-hybridized carbons (Fsp3) is 0.650. The molecule has 0 saturated carbocycles. The SMILES string of the molecule is CCC[C@@H](c1nnnn1C(C)C)N1CCN(c2cc(C)ccc2C)CC1. The van der Waals surface area contributed by atoms with E-state index >= 15 is 0 Å². The van der Waals surface area contributed by atoms with Crippen molar-refractivity contribution in [3.63, 3.8) is 0 Å². The van der Waals surface area contributed by atoms with Crippen LogP contribution in [0, 0.1) is 13.8 Å². The maximum atomic E-state index is 4.38. The second-order valence-corrected chi connectivity index (χ2v) is 7.69. The van der Waals surface area contributed by atoms with E-state index in [0.717, 1.165) is 44.8 Å². The molecule has 1 aromatic carbocycles. The number of hydrogen-bond donors (Lipinski definition) is 0. The van der Waals surface area contributed by atoms with Gasteiger partial charge in [0, 0.05) is 31.9 Å². The Kier molecular flexibility index (Phi) is 5.91. The summed E-state index contributed by atoms with van der Waals surface area (Å²) in [7, 11) is 0. The topological polar surface area (TPSA) is 50.1 Å². The van der Waals surface area contributed by atoms with E-state index in [-0.39, 0.29) is 6.04 Å². The predicted octanol–water partition coefficient (Wildman–Crippen LogP) is 3.53. The predicted molar refractivity (Wildman–Crippen MR) is 106 cm³/mol. The largest absolute Gasteiger partial charge is 0.369 e. The Morgan fingerprint density at radius 1 is 1.08 bits per heavy atom. The average molecular weight is 357 g/mol. The lowest BCUT2D eigenvalue weighted by atomic mass is 10.1. The van der Waals surface area contributed by atoms with Crippen molar-refractivity contribution in [2.45, 2.75) is 59.5 Å². The lowest BCUT2D eigenvalue weighted by Crippen LogP contribution is -2.48. The smallest absolute Gasteiger partial charge is 0.168 e. The normalized spacial score (nSPS) is 17.1. The molecule has 0 aliphatic carbocycles. The van der Waals surface area contributed by atoms with E-state index in [4.69, 9.17) is 0 Å². The van der Waals surface area contributed by atoms with Crippen molar-refractivity contribution >= 4 is 5.69 Å². The van der Waals surface area contributed by atoms with E-state index in [1.165, 1.54) is 16.8 Å². The quantitative estimate of drug-likeness (QED) is 0.792. The number of piperazine rings is 1. The molecule has 6 heteroatoms. The van der Waals surface area contributed by atoms with Crippen LogP contribution in [0.1, 0.15) is 62.6 Å². The molecule has 0 spiro atoms. The molecule has 0 bridgehead atoms. The van der Waals surface area contributed by atoms with Gasteiger partial charge >= 0.3 is 0 Å². The summed E-state index contributed by atoms with van der Waals surface area (Å²) in [5.74, 6) is 1.02. The summed E-state index contributed by atoms with van der Waals surface area (Å²) in [5, 5.41) is 12.5. The molecule has 1 fully saturated rings. The molecule has 2 heterocycles. The fourth-order valence-electron chi connectivity index (χ4n) is 3.87. The maximum Gasteiger partial charge on any atom is 0.168 e. The van der Waals surface area contributed by atoms with E-state index in [9.17, 15) is 0 Å². The fourth-order valence-corrected chi connectivity index (χ4v) is 3.87. The molecule has 1 atom stereocenters.